The molecule has 0 fully saturated rings. The summed E-state index contributed by atoms with van der Waals surface area (Å²) in [4.78, 5) is 15.8. The van der Waals surface area contributed by atoms with Gasteiger partial charge in [0, 0.05) is 11.3 Å². The molecule has 0 aliphatic rings. The first kappa shape index (κ1) is 11.3. The molecule has 1 aromatic carbocycles. The Balaban J connectivity index is 2.21. The third kappa shape index (κ3) is 2.68. The lowest BCUT2D eigenvalue weighted by molar-refractivity contribution is 0.101. The maximum absolute atomic E-state index is 11.2. The fourth-order valence-electron chi connectivity index (χ4n) is 1.32. The third-order valence-corrected chi connectivity index (χ3v) is 2.95. The predicted molar refractivity (Wildman–Crippen MR) is 66.6 cm³/mol. The van der Waals surface area contributed by atoms with Crippen LogP contribution < -0.4 is 5.32 Å². The summed E-state index contributed by atoms with van der Waals surface area (Å²) in [5.74, 6) is 0.0190. The van der Waals surface area contributed by atoms with E-state index in [1.54, 1.807) is 18.2 Å². The first-order valence-electron chi connectivity index (χ1n) is 4.93. The van der Waals surface area contributed by atoms with Crippen LogP contribution >= 0.6 is 11.3 Å². The first-order chi connectivity index (χ1) is 8.19. The van der Waals surface area contributed by atoms with Gasteiger partial charge in [0.25, 0.3) is 0 Å². The van der Waals surface area contributed by atoms with E-state index >= 15 is 0 Å². The lowest BCUT2D eigenvalue weighted by atomic mass is 10.1. The zero-order valence-electron chi connectivity index (χ0n) is 9.10. The lowest BCUT2D eigenvalue weighted by Gasteiger charge is -2.03. The third-order valence-electron chi connectivity index (χ3n) is 2.14. The molecule has 1 heterocycles. The fourth-order valence-corrected chi connectivity index (χ4v) is 1.96. The van der Waals surface area contributed by atoms with Gasteiger partial charge in [-0.05, 0) is 19.1 Å². The Hall–Kier alpha value is -2.19. The van der Waals surface area contributed by atoms with Crippen molar-refractivity contribution in [2.75, 3.05) is 5.32 Å². The molecule has 0 amide bonds. The quantitative estimate of drug-likeness (QED) is 0.842. The molecule has 0 aliphatic carbocycles. The van der Waals surface area contributed by atoms with Crippen LogP contribution in [0, 0.1) is 11.3 Å². The largest absolute Gasteiger partial charge is 0.331 e. The number of thiazole rings is 1. The van der Waals surface area contributed by atoms with Crippen LogP contribution in [0.4, 0.5) is 10.8 Å². The van der Waals surface area contributed by atoms with E-state index in [2.05, 4.69) is 10.3 Å². The molecular weight excluding hydrogens is 234 g/mol. The highest BCUT2D eigenvalue weighted by molar-refractivity contribution is 7.16. The van der Waals surface area contributed by atoms with Gasteiger partial charge < -0.3 is 5.32 Å². The average molecular weight is 243 g/mol. The number of carbonyl (C=O) groups excluding carboxylic acids is 1. The second-order valence-corrected chi connectivity index (χ2v) is 4.43. The van der Waals surface area contributed by atoms with E-state index in [0.717, 1.165) is 5.69 Å². The van der Waals surface area contributed by atoms with E-state index in [1.165, 1.54) is 24.5 Å². The van der Waals surface area contributed by atoms with Crippen molar-refractivity contribution in [3.8, 4) is 6.07 Å². The Kier molecular flexibility index (Phi) is 3.17. The topological polar surface area (TPSA) is 65.8 Å². The molecule has 0 bridgehead atoms. The number of carbonyl (C=O) groups is 1. The molecule has 0 saturated carbocycles. The highest BCUT2D eigenvalue weighted by Crippen LogP contribution is 2.22. The maximum atomic E-state index is 11.2. The molecule has 5 heteroatoms. The zero-order valence-corrected chi connectivity index (χ0v) is 9.91. The van der Waals surface area contributed by atoms with Crippen LogP contribution in [-0.4, -0.2) is 10.8 Å². The van der Waals surface area contributed by atoms with Crippen molar-refractivity contribution in [1.82, 2.24) is 4.98 Å². The Morgan fingerprint density at radius 3 is 3.00 bits per heavy atom. The van der Waals surface area contributed by atoms with Crippen molar-refractivity contribution in [1.29, 1.82) is 5.26 Å². The SMILES string of the molecule is CC(=O)c1cccc(Nc2ncc(C#N)s2)c1. The Labute approximate surface area is 103 Å². The van der Waals surface area contributed by atoms with Crippen molar-refractivity contribution in [2.45, 2.75) is 6.92 Å². The summed E-state index contributed by atoms with van der Waals surface area (Å²) in [6.07, 6.45) is 1.52. The number of anilines is 2. The Bertz CT molecular complexity index is 598. The van der Waals surface area contributed by atoms with Gasteiger partial charge in [0.15, 0.2) is 10.9 Å². The number of ketones is 1. The van der Waals surface area contributed by atoms with Gasteiger partial charge >= 0.3 is 0 Å². The van der Waals surface area contributed by atoms with Crippen LogP contribution in [0.1, 0.15) is 22.2 Å². The number of rotatable bonds is 3. The maximum Gasteiger partial charge on any atom is 0.188 e. The molecule has 0 aliphatic heterocycles. The molecule has 0 unspecified atom stereocenters. The summed E-state index contributed by atoms with van der Waals surface area (Å²) in [6.45, 7) is 1.52. The summed E-state index contributed by atoms with van der Waals surface area (Å²) in [5.41, 5.74) is 1.43. The molecule has 0 spiro atoms. The van der Waals surface area contributed by atoms with Crippen LogP contribution in [0.25, 0.3) is 0 Å². The zero-order chi connectivity index (χ0) is 12.3. The second-order valence-electron chi connectivity index (χ2n) is 3.40. The van der Waals surface area contributed by atoms with Crippen LogP contribution in [0.3, 0.4) is 0 Å². The monoisotopic (exact) mass is 243 g/mol. The standard InChI is InChI=1S/C12H9N3OS/c1-8(16)9-3-2-4-10(5-9)15-12-14-7-11(6-13)17-12/h2-5,7H,1H3,(H,14,15). The average Bonchev–Trinajstić information content (AvgIpc) is 2.77. The lowest BCUT2D eigenvalue weighted by Crippen LogP contribution is -1.94. The number of benzene rings is 1. The van der Waals surface area contributed by atoms with E-state index in [4.69, 9.17) is 5.26 Å². The highest BCUT2D eigenvalue weighted by atomic mass is 32.1. The van der Waals surface area contributed by atoms with Gasteiger partial charge in [-0.3, -0.25) is 4.79 Å². The summed E-state index contributed by atoms with van der Waals surface area (Å²) >= 11 is 1.27. The Morgan fingerprint density at radius 2 is 2.35 bits per heavy atom. The number of nitriles is 1. The predicted octanol–water partition coefficient (Wildman–Crippen LogP) is 2.96. The molecule has 84 valence electrons. The van der Waals surface area contributed by atoms with Gasteiger partial charge in [-0.2, -0.15) is 5.26 Å². The van der Waals surface area contributed by atoms with Crippen molar-refractivity contribution in [2.24, 2.45) is 0 Å². The van der Waals surface area contributed by atoms with Gasteiger partial charge in [0.1, 0.15) is 10.9 Å². The minimum atomic E-state index is 0.0190. The van der Waals surface area contributed by atoms with Crippen LogP contribution in [0.2, 0.25) is 0 Å². The van der Waals surface area contributed by atoms with Crippen molar-refractivity contribution in [3.05, 3.63) is 40.9 Å². The number of nitrogens with zero attached hydrogens (tertiary/aromatic N) is 2. The van der Waals surface area contributed by atoms with Crippen LogP contribution in [0.5, 0.6) is 0 Å². The van der Waals surface area contributed by atoms with Crippen LogP contribution in [-0.2, 0) is 0 Å². The molecule has 1 N–H and O–H groups in total. The van der Waals surface area contributed by atoms with Gasteiger partial charge in [0.05, 0.1) is 6.20 Å². The van der Waals surface area contributed by atoms with Crippen molar-refractivity contribution >= 4 is 27.9 Å². The Morgan fingerprint density at radius 1 is 1.53 bits per heavy atom. The van der Waals surface area contributed by atoms with E-state index in [9.17, 15) is 4.79 Å². The fraction of sp³-hybridized carbons (Fsp3) is 0.0833. The molecule has 0 atom stereocenters. The van der Waals surface area contributed by atoms with E-state index < -0.39 is 0 Å². The first-order valence-corrected chi connectivity index (χ1v) is 5.74. The van der Waals surface area contributed by atoms with E-state index in [-0.39, 0.29) is 5.78 Å². The smallest absolute Gasteiger partial charge is 0.188 e. The van der Waals surface area contributed by atoms with E-state index in [0.29, 0.717) is 15.6 Å². The molecular formula is C12H9N3OS. The molecule has 2 aromatic rings. The highest BCUT2D eigenvalue weighted by Gasteiger charge is 2.03. The number of Topliss-reactive ketones (excluding diaryl/α,β-unsaturated/α-hetero) is 1. The number of hydrogen-bond acceptors (Lipinski definition) is 5. The minimum Gasteiger partial charge on any atom is -0.331 e. The van der Waals surface area contributed by atoms with Gasteiger partial charge in [0.2, 0.25) is 0 Å². The van der Waals surface area contributed by atoms with Crippen molar-refractivity contribution in [3.63, 3.8) is 0 Å². The van der Waals surface area contributed by atoms with Crippen LogP contribution in [0.15, 0.2) is 30.5 Å². The van der Waals surface area contributed by atoms with Gasteiger partial charge in [-0.1, -0.05) is 23.5 Å². The van der Waals surface area contributed by atoms with Gasteiger partial charge in [-0.15, -0.1) is 0 Å². The molecule has 4 nitrogen and oxygen atoms in total. The second kappa shape index (κ2) is 4.76. The normalized spacial score (nSPS) is 9.65. The summed E-state index contributed by atoms with van der Waals surface area (Å²) < 4.78 is 0. The van der Waals surface area contributed by atoms with Crippen molar-refractivity contribution < 1.29 is 4.79 Å². The van der Waals surface area contributed by atoms with E-state index in [1.807, 2.05) is 12.1 Å². The minimum absolute atomic E-state index is 0.0190. The number of aromatic nitrogens is 1. The number of nitrogens with one attached hydrogen (secondary N) is 1. The summed E-state index contributed by atoms with van der Waals surface area (Å²) in [6, 6.07) is 9.19. The molecule has 0 radical (unpaired) electrons. The molecule has 2 rings (SSSR count). The molecule has 0 saturated heterocycles. The molecule has 17 heavy (non-hydrogen) atoms. The van der Waals surface area contributed by atoms with Gasteiger partial charge in [-0.25, -0.2) is 4.98 Å². The number of hydrogen-bond donors (Lipinski definition) is 1. The summed E-state index contributed by atoms with van der Waals surface area (Å²) in [5, 5.41) is 12.4. The molecule has 1 aromatic heterocycles. The summed E-state index contributed by atoms with van der Waals surface area (Å²) in [7, 11) is 0.